The van der Waals surface area contributed by atoms with Crippen molar-refractivity contribution in [1.29, 1.82) is 0 Å². The SMILES string of the molecule is CC[C@H]1[N-]C2C(c3ccc(C(F)(F)F)cc3)=CC=C[C@H]2N1[Si](C)(C)C1C2C=CC=CC2C2C=CC=CC21.[CH3-].[Cl][Ti][Cl]. The van der Waals surface area contributed by atoms with E-state index in [4.69, 9.17) is 23.9 Å². The number of rotatable bonds is 4. The van der Waals surface area contributed by atoms with Gasteiger partial charge in [0.25, 0.3) is 0 Å². The van der Waals surface area contributed by atoms with Crippen LogP contribution in [0, 0.1) is 31.1 Å². The zero-order valence-electron chi connectivity index (χ0n) is 23.8. The summed E-state index contributed by atoms with van der Waals surface area (Å²) in [4.78, 5) is 0. The van der Waals surface area contributed by atoms with Crippen molar-refractivity contribution in [3.8, 4) is 0 Å². The molecule has 1 aliphatic heterocycles. The van der Waals surface area contributed by atoms with Gasteiger partial charge in [0.1, 0.15) is 8.24 Å². The Balaban J connectivity index is 0.000000929. The molecule has 1 saturated heterocycles. The third-order valence-electron chi connectivity index (χ3n) is 9.31. The molecule has 9 heteroatoms. The van der Waals surface area contributed by atoms with E-state index in [0.29, 0.717) is 29.2 Å². The van der Waals surface area contributed by atoms with Gasteiger partial charge in [0.05, 0.1) is 5.56 Å². The number of allylic oxidation sites excluding steroid dienone is 10. The maximum atomic E-state index is 13.2. The van der Waals surface area contributed by atoms with Crippen LogP contribution in [-0.2, 0) is 23.2 Å². The molecule has 0 spiro atoms. The fraction of sp³-hybridized carbons (Fsp3) is 0.406. The molecule has 0 radical (unpaired) electrons. The average Bonchev–Trinajstić information content (AvgIpc) is 3.50. The normalized spacial score (nSPS) is 33.2. The number of hydrogen-bond acceptors (Lipinski definition) is 1. The number of nitrogens with zero attached hydrogens (tertiary/aromatic N) is 2. The van der Waals surface area contributed by atoms with E-state index in [1.54, 1.807) is 12.1 Å². The second-order valence-corrected chi connectivity index (χ2v) is 18.6. The second-order valence-electron chi connectivity index (χ2n) is 11.6. The minimum absolute atomic E-state index is 0. The Morgan fingerprint density at radius 2 is 1.37 bits per heavy atom. The quantitative estimate of drug-likeness (QED) is 0.234. The van der Waals surface area contributed by atoms with Crippen LogP contribution in [0.3, 0.4) is 0 Å². The summed E-state index contributed by atoms with van der Waals surface area (Å²) in [6, 6.07) is 5.68. The van der Waals surface area contributed by atoms with Crippen LogP contribution in [0.15, 0.2) is 91.1 Å². The Morgan fingerprint density at radius 3 is 1.85 bits per heavy atom. The zero-order chi connectivity index (χ0) is 28.7. The predicted octanol–water partition coefficient (Wildman–Crippen LogP) is 9.95. The number of halogens is 5. The second kappa shape index (κ2) is 13.3. The fourth-order valence-electron chi connectivity index (χ4n) is 7.86. The van der Waals surface area contributed by atoms with Gasteiger partial charge in [-0.2, -0.15) is 13.2 Å². The first-order valence-corrected chi connectivity index (χ1v) is 21.2. The third-order valence-corrected chi connectivity index (χ3v) is 13.6. The molecule has 6 rings (SSSR count). The first kappa shape index (κ1) is 32.8. The standard InChI is InChI=1S/C31H34F3N2Si.CH3.2ClH.Ti/c1-4-28-35-29-22(20-16-18-21(19-17-20)31(32,33)34)14-9-15-27(29)36(28)37(2,3)30-25-12-7-5-10-23(25)24-11-6-8-13-26(24)30;;;;/h5-19,23-30H,4H2,1-3H3;1H3;2*1H;/q2*-1;;;+2/p-2/t23?,24?,25?,26?,27-,28+,29?,30?;;;;/m1..../s1. The number of alkyl halides is 3. The first-order chi connectivity index (χ1) is 19.1. The molecule has 0 N–H and O–H groups in total. The Kier molecular flexibility index (Phi) is 10.6. The van der Waals surface area contributed by atoms with E-state index in [-0.39, 0.29) is 25.7 Å². The van der Waals surface area contributed by atoms with E-state index in [2.05, 4.69) is 85.3 Å². The van der Waals surface area contributed by atoms with Crippen LogP contribution in [0.5, 0.6) is 0 Å². The number of benzene rings is 1. The molecule has 1 aromatic carbocycles. The maximum absolute atomic E-state index is 13.2. The van der Waals surface area contributed by atoms with Gasteiger partial charge in [-0.3, -0.25) is 0 Å². The van der Waals surface area contributed by atoms with Gasteiger partial charge in [-0.1, -0.05) is 123 Å². The van der Waals surface area contributed by atoms with Crippen LogP contribution in [0.4, 0.5) is 13.2 Å². The summed E-state index contributed by atoms with van der Waals surface area (Å²) in [7, 11) is 7.71. The van der Waals surface area contributed by atoms with E-state index in [1.165, 1.54) is 12.1 Å². The predicted molar refractivity (Wildman–Crippen MR) is 165 cm³/mol. The van der Waals surface area contributed by atoms with Crippen molar-refractivity contribution in [2.45, 2.75) is 56.4 Å². The molecule has 0 amide bonds. The molecule has 4 aliphatic carbocycles. The Hall–Kier alpha value is -1.12. The molecular formula is C32H37Cl2F3N2SiTi-2. The molecule has 2 nitrogen and oxygen atoms in total. The van der Waals surface area contributed by atoms with Gasteiger partial charge in [-0.25, -0.2) is 0 Å². The van der Waals surface area contributed by atoms with Crippen LogP contribution >= 0.6 is 18.6 Å². The van der Waals surface area contributed by atoms with Gasteiger partial charge >= 0.3 is 41.8 Å². The Bertz CT molecular complexity index is 1220. The van der Waals surface area contributed by atoms with Gasteiger partial charge in [-0.15, -0.1) is 0 Å². The molecule has 0 aromatic heterocycles. The van der Waals surface area contributed by atoms with Crippen LogP contribution < -0.4 is 0 Å². The first-order valence-electron chi connectivity index (χ1n) is 13.8. The van der Waals surface area contributed by atoms with Crippen LogP contribution in [0.1, 0.15) is 24.5 Å². The zero-order valence-corrected chi connectivity index (χ0v) is 27.8. The Labute approximate surface area is 260 Å². The average molecular weight is 654 g/mol. The molecule has 7 atom stereocenters. The summed E-state index contributed by atoms with van der Waals surface area (Å²) < 4.78 is 42.3. The van der Waals surface area contributed by atoms with Crippen molar-refractivity contribution in [1.82, 2.24) is 4.57 Å². The van der Waals surface area contributed by atoms with Gasteiger partial charge in [0.15, 0.2) is 0 Å². The molecule has 220 valence electrons. The van der Waals surface area contributed by atoms with Gasteiger partial charge in [0.2, 0.25) is 0 Å². The van der Waals surface area contributed by atoms with Gasteiger partial charge in [0, 0.05) is 6.04 Å². The molecule has 5 unspecified atom stereocenters. The van der Waals surface area contributed by atoms with E-state index >= 15 is 0 Å². The summed E-state index contributed by atoms with van der Waals surface area (Å²) in [6.07, 6.45) is 21.7. The summed E-state index contributed by atoms with van der Waals surface area (Å²) in [5.74, 6) is 2.10. The molecule has 1 aromatic rings. The van der Waals surface area contributed by atoms with Crippen molar-refractivity contribution in [3.05, 3.63) is 115 Å². The Morgan fingerprint density at radius 1 is 0.854 bits per heavy atom. The molecule has 5 aliphatic rings. The van der Waals surface area contributed by atoms with Crippen molar-refractivity contribution < 1.29 is 30.2 Å². The fourth-order valence-corrected chi connectivity index (χ4v) is 12.8. The van der Waals surface area contributed by atoms with Gasteiger partial charge in [-0.05, 0) is 46.9 Å². The van der Waals surface area contributed by atoms with E-state index in [9.17, 15) is 13.2 Å². The van der Waals surface area contributed by atoms with Gasteiger partial charge < -0.3 is 17.3 Å². The van der Waals surface area contributed by atoms with Crippen molar-refractivity contribution in [3.63, 3.8) is 0 Å². The van der Waals surface area contributed by atoms with E-state index in [1.807, 2.05) is 6.08 Å². The number of fused-ring (bicyclic) bond motifs is 4. The molecule has 2 fully saturated rings. The number of hydrogen-bond donors (Lipinski definition) is 0. The molecular weight excluding hydrogens is 616 g/mol. The monoisotopic (exact) mass is 652 g/mol. The summed E-state index contributed by atoms with van der Waals surface area (Å²) >= 11 is -0.556. The van der Waals surface area contributed by atoms with Crippen LogP contribution in [-0.4, -0.2) is 31.1 Å². The van der Waals surface area contributed by atoms with E-state index in [0.717, 1.165) is 17.6 Å². The van der Waals surface area contributed by atoms with Crippen molar-refractivity contribution in [2.24, 2.45) is 23.7 Å². The molecule has 1 heterocycles. The summed E-state index contributed by atoms with van der Waals surface area (Å²) in [5.41, 5.74) is 1.80. The van der Waals surface area contributed by atoms with Crippen molar-refractivity contribution >= 4 is 32.4 Å². The van der Waals surface area contributed by atoms with Crippen LogP contribution in [0.2, 0.25) is 18.6 Å². The summed E-state index contributed by atoms with van der Waals surface area (Å²) in [6.45, 7) is 7.26. The van der Waals surface area contributed by atoms with Crippen LogP contribution in [0.25, 0.3) is 10.9 Å². The topological polar surface area (TPSA) is 17.3 Å². The van der Waals surface area contributed by atoms with E-state index < -0.39 is 37.0 Å². The van der Waals surface area contributed by atoms with Crippen molar-refractivity contribution in [2.75, 3.05) is 0 Å². The third kappa shape index (κ3) is 6.13. The molecule has 0 bridgehead atoms. The molecule has 1 saturated carbocycles. The molecule has 41 heavy (non-hydrogen) atoms. The summed E-state index contributed by atoms with van der Waals surface area (Å²) in [5, 5.41) is 5.34. The minimum atomic E-state index is -4.33.